The molecule has 2 heterocycles. The lowest BCUT2D eigenvalue weighted by Gasteiger charge is -2.15. The third kappa shape index (κ3) is 5.37. The van der Waals surface area contributed by atoms with Gasteiger partial charge in [0.05, 0.1) is 27.6 Å². The molecule has 2 aromatic heterocycles. The van der Waals surface area contributed by atoms with Crippen LogP contribution in [0.5, 0.6) is 0 Å². The number of nitrogen functional groups attached to an aromatic ring is 1. The maximum absolute atomic E-state index is 6.83. The second-order valence-corrected chi connectivity index (χ2v) is 11.8. The van der Waals surface area contributed by atoms with Gasteiger partial charge in [-0.15, -0.1) is 6.58 Å². The Balaban J connectivity index is 0.000000969. The van der Waals surface area contributed by atoms with Crippen LogP contribution in [0.15, 0.2) is 115 Å². The predicted octanol–water partition coefficient (Wildman–Crippen LogP) is 10.7. The molecule has 0 saturated carbocycles. The van der Waals surface area contributed by atoms with Crippen molar-refractivity contribution in [3.05, 3.63) is 121 Å². The van der Waals surface area contributed by atoms with Crippen molar-refractivity contribution in [2.24, 2.45) is 10.9 Å². The summed E-state index contributed by atoms with van der Waals surface area (Å²) < 4.78 is 2.34. The van der Waals surface area contributed by atoms with Gasteiger partial charge in [0.2, 0.25) is 0 Å². The smallest absolute Gasteiger partial charge is 0.146 e. The standard InChI is InChI=1S/C40H32N4.2C2H6/c1-4-10-27(5-2)42-39-31-13-7-6-11-28(31)33-22-25(16-18-30(33)38(39)41)26-17-19-32-34(23-26)29-12-8-9-14-36(29)44-37-21-24(3)15-20-35(37)43-40(32)44;2*1-2/h4-9,11-14,16-24H,1-2,10,15,41H2,3H3;2*1-2H3. The van der Waals surface area contributed by atoms with E-state index in [1.807, 2.05) is 39.8 Å². The molecule has 2 N–H and O–H groups in total. The summed E-state index contributed by atoms with van der Waals surface area (Å²) in [7, 11) is 0. The summed E-state index contributed by atoms with van der Waals surface area (Å²) >= 11 is 0. The second kappa shape index (κ2) is 13.7. The van der Waals surface area contributed by atoms with Crippen LogP contribution in [0.25, 0.3) is 72.1 Å². The maximum atomic E-state index is 6.83. The Hall–Kier alpha value is -5.48. The fourth-order valence-electron chi connectivity index (χ4n) is 6.82. The van der Waals surface area contributed by atoms with Gasteiger partial charge in [-0.3, -0.25) is 9.39 Å². The van der Waals surface area contributed by atoms with Crippen LogP contribution in [-0.4, -0.2) is 15.1 Å². The van der Waals surface area contributed by atoms with Crippen molar-refractivity contribution in [2.45, 2.75) is 47.5 Å². The lowest BCUT2D eigenvalue weighted by molar-refractivity contribution is 0.793. The van der Waals surface area contributed by atoms with E-state index in [4.69, 9.17) is 15.7 Å². The number of para-hydroxylation sites is 1. The van der Waals surface area contributed by atoms with E-state index in [-0.39, 0.29) is 0 Å². The summed E-state index contributed by atoms with van der Waals surface area (Å²) in [4.78, 5) is 10.1. The van der Waals surface area contributed by atoms with Crippen molar-refractivity contribution in [3.63, 3.8) is 0 Å². The fraction of sp³-hybridized carbons (Fsp3) is 0.182. The molecule has 1 unspecified atom stereocenters. The molecule has 0 fully saturated rings. The Morgan fingerprint density at radius 1 is 0.812 bits per heavy atom. The number of fused-ring (bicyclic) bond motifs is 11. The molecule has 0 amide bonds. The van der Waals surface area contributed by atoms with Gasteiger partial charge in [0.1, 0.15) is 5.65 Å². The quantitative estimate of drug-likeness (QED) is 0.0892. The van der Waals surface area contributed by atoms with Crippen LogP contribution >= 0.6 is 0 Å². The highest BCUT2D eigenvalue weighted by atomic mass is 15.0. The van der Waals surface area contributed by atoms with Crippen molar-refractivity contribution in [3.8, 4) is 11.1 Å². The highest BCUT2D eigenvalue weighted by Crippen LogP contribution is 2.42. The van der Waals surface area contributed by atoms with E-state index < -0.39 is 0 Å². The first-order chi connectivity index (χ1) is 23.6. The zero-order valence-electron chi connectivity index (χ0n) is 28.7. The van der Waals surface area contributed by atoms with Gasteiger partial charge in [0.15, 0.2) is 0 Å². The van der Waals surface area contributed by atoms with E-state index in [0.29, 0.717) is 18.0 Å². The number of allylic oxidation sites excluding steroid dienone is 2. The summed E-state index contributed by atoms with van der Waals surface area (Å²) in [6, 6.07) is 30.4. The molecule has 1 aliphatic carbocycles. The van der Waals surface area contributed by atoms with Crippen LogP contribution in [0, 0.1) is 5.92 Å². The number of nitrogens with two attached hydrogens (primary N) is 1. The van der Waals surface area contributed by atoms with Crippen LogP contribution < -0.4 is 16.4 Å². The number of nitrogens with zero attached hydrogens (tertiary/aromatic N) is 3. The van der Waals surface area contributed by atoms with E-state index in [1.54, 1.807) is 6.08 Å². The van der Waals surface area contributed by atoms with Gasteiger partial charge in [-0.1, -0.05) is 120 Å². The van der Waals surface area contributed by atoms with E-state index in [1.165, 1.54) is 21.6 Å². The highest BCUT2D eigenvalue weighted by molar-refractivity contribution is 6.21. The number of aromatic nitrogens is 2. The van der Waals surface area contributed by atoms with E-state index in [0.717, 1.165) is 66.9 Å². The molecule has 1 aliphatic rings. The third-order valence-corrected chi connectivity index (χ3v) is 8.98. The number of hydrogen-bond acceptors (Lipinski definition) is 3. The SMILES string of the molecule is C=CCC(C=C)=Nc1c(N)c2ccc(-c3ccc4c(c3)c3ccccc3n3c5c(nc43)=CCC(C)C=5)cc2c2ccccc12.CC.CC. The molecular formula is C44H44N4. The molecule has 0 radical (unpaired) electrons. The summed E-state index contributed by atoms with van der Waals surface area (Å²) in [5.41, 5.74) is 13.6. The average Bonchev–Trinajstić information content (AvgIpc) is 3.53. The summed E-state index contributed by atoms with van der Waals surface area (Å²) in [6.07, 6.45) is 9.91. The second-order valence-electron chi connectivity index (χ2n) is 11.8. The van der Waals surface area contributed by atoms with Crippen molar-refractivity contribution < 1.29 is 0 Å². The number of imidazole rings is 1. The van der Waals surface area contributed by atoms with Crippen molar-refractivity contribution >= 4 is 78.1 Å². The molecule has 0 aliphatic heterocycles. The number of hydrogen-bond donors (Lipinski definition) is 1. The van der Waals surface area contributed by atoms with Crippen molar-refractivity contribution in [1.29, 1.82) is 0 Å². The lowest BCUT2D eigenvalue weighted by atomic mass is 9.93. The minimum atomic E-state index is 0.497. The molecule has 0 saturated heterocycles. The van der Waals surface area contributed by atoms with Crippen LogP contribution in [0.3, 0.4) is 0 Å². The van der Waals surface area contributed by atoms with Crippen LogP contribution in [0.4, 0.5) is 11.4 Å². The molecule has 8 rings (SSSR count). The number of pyridine rings is 1. The summed E-state index contributed by atoms with van der Waals surface area (Å²) in [6.45, 7) is 18.1. The molecule has 0 spiro atoms. The first kappa shape index (κ1) is 32.5. The predicted molar refractivity (Wildman–Crippen MR) is 212 cm³/mol. The number of benzene rings is 5. The molecule has 4 heteroatoms. The molecule has 0 bridgehead atoms. The summed E-state index contributed by atoms with van der Waals surface area (Å²) in [5, 5.41) is 10.1. The monoisotopic (exact) mass is 628 g/mol. The average molecular weight is 629 g/mol. The normalized spacial score (nSPS) is 14.0. The Kier molecular flexibility index (Phi) is 9.27. The fourth-order valence-corrected chi connectivity index (χ4v) is 6.82. The van der Waals surface area contributed by atoms with Gasteiger partial charge in [0.25, 0.3) is 0 Å². The molecule has 7 aromatic rings. The van der Waals surface area contributed by atoms with Gasteiger partial charge >= 0.3 is 0 Å². The third-order valence-electron chi connectivity index (χ3n) is 8.98. The van der Waals surface area contributed by atoms with E-state index in [2.05, 4.69) is 115 Å². The van der Waals surface area contributed by atoms with Gasteiger partial charge in [-0.05, 0) is 70.0 Å². The zero-order valence-corrected chi connectivity index (χ0v) is 28.7. The summed E-state index contributed by atoms with van der Waals surface area (Å²) in [5.74, 6) is 0.497. The van der Waals surface area contributed by atoms with Gasteiger partial charge in [-0.25, -0.2) is 4.98 Å². The molecule has 48 heavy (non-hydrogen) atoms. The lowest BCUT2D eigenvalue weighted by Crippen LogP contribution is -2.30. The maximum Gasteiger partial charge on any atom is 0.146 e. The minimum absolute atomic E-state index is 0.497. The van der Waals surface area contributed by atoms with Gasteiger partial charge in [0, 0.05) is 33.7 Å². The molecule has 5 aromatic carbocycles. The number of rotatable bonds is 5. The van der Waals surface area contributed by atoms with E-state index in [9.17, 15) is 0 Å². The number of anilines is 1. The Morgan fingerprint density at radius 3 is 2.12 bits per heavy atom. The van der Waals surface area contributed by atoms with Gasteiger partial charge in [-0.2, -0.15) is 0 Å². The minimum Gasteiger partial charge on any atom is -0.396 e. The molecule has 240 valence electrons. The number of aliphatic imine (C=N–C) groups is 1. The van der Waals surface area contributed by atoms with Crippen molar-refractivity contribution in [2.75, 3.05) is 5.73 Å². The van der Waals surface area contributed by atoms with E-state index >= 15 is 0 Å². The van der Waals surface area contributed by atoms with Crippen LogP contribution in [0.2, 0.25) is 0 Å². The Morgan fingerprint density at radius 2 is 1.44 bits per heavy atom. The largest absolute Gasteiger partial charge is 0.396 e. The van der Waals surface area contributed by atoms with Crippen LogP contribution in [0.1, 0.15) is 47.5 Å². The van der Waals surface area contributed by atoms with Gasteiger partial charge < -0.3 is 5.73 Å². The van der Waals surface area contributed by atoms with Crippen LogP contribution in [-0.2, 0) is 0 Å². The highest BCUT2D eigenvalue weighted by Gasteiger charge is 2.17. The zero-order chi connectivity index (χ0) is 33.9. The first-order valence-corrected chi connectivity index (χ1v) is 17.2. The van der Waals surface area contributed by atoms with Crippen molar-refractivity contribution in [1.82, 2.24) is 9.38 Å². The topological polar surface area (TPSA) is 55.7 Å². The first-order valence-electron chi connectivity index (χ1n) is 17.2. The molecular weight excluding hydrogens is 585 g/mol. The molecule has 4 nitrogen and oxygen atoms in total. The molecule has 1 atom stereocenters. The Labute approximate surface area is 283 Å². The Bertz CT molecular complexity index is 2510.